The topological polar surface area (TPSA) is 122 Å². The summed E-state index contributed by atoms with van der Waals surface area (Å²) in [5.41, 5.74) is -1.04. The Morgan fingerprint density at radius 2 is 2.00 bits per heavy atom. The maximum absolute atomic E-state index is 13.4. The molecular formula is C14H12BFN2O6. The van der Waals surface area contributed by atoms with E-state index >= 15 is 0 Å². The number of rotatable bonds is 5. The third kappa shape index (κ3) is 3.67. The summed E-state index contributed by atoms with van der Waals surface area (Å²) in [6, 6.07) is 6.82. The summed E-state index contributed by atoms with van der Waals surface area (Å²) in [5.74, 6) is -1.42. The van der Waals surface area contributed by atoms with Gasteiger partial charge in [-0.05, 0) is 30.3 Å². The average molecular weight is 334 g/mol. The minimum absolute atomic E-state index is 0.0822. The zero-order valence-electron chi connectivity index (χ0n) is 12.4. The largest absolute Gasteiger partial charge is 0.496 e. The number of nitrogens with one attached hydrogen (secondary N) is 1. The number of carbonyl (C=O) groups excluding carboxylic acids is 1. The van der Waals surface area contributed by atoms with Crippen LogP contribution in [0.25, 0.3) is 0 Å². The molecule has 0 aliphatic carbocycles. The van der Waals surface area contributed by atoms with Crippen molar-refractivity contribution >= 4 is 29.9 Å². The summed E-state index contributed by atoms with van der Waals surface area (Å²) < 4.78 is 18.3. The molecule has 0 radical (unpaired) electrons. The number of carbonyl (C=O) groups is 1. The van der Waals surface area contributed by atoms with Gasteiger partial charge in [0.05, 0.1) is 18.1 Å². The summed E-state index contributed by atoms with van der Waals surface area (Å²) in [4.78, 5) is 22.6. The second-order valence-corrected chi connectivity index (χ2v) is 4.70. The molecule has 24 heavy (non-hydrogen) atoms. The molecule has 1 amide bonds. The Balaban J connectivity index is 2.33. The van der Waals surface area contributed by atoms with Gasteiger partial charge < -0.3 is 20.1 Å². The molecule has 0 aliphatic heterocycles. The van der Waals surface area contributed by atoms with Crippen LogP contribution in [0.3, 0.4) is 0 Å². The van der Waals surface area contributed by atoms with E-state index in [0.29, 0.717) is 0 Å². The van der Waals surface area contributed by atoms with Crippen LogP contribution in [0.2, 0.25) is 0 Å². The molecule has 2 rings (SSSR count). The molecule has 0 saturated heterocycles. The number of halogens is 1. The molecular weight excluding hydrogens is 322 g/mol. The summed E-state index contributed by atoms with van der Waals surface area (Å²) in [6.07, 6.45) is 0. The lowest BCUT2D eigenvalue weighted by molar-refractivity contribution is -0.384. The third-order valence-corrected chi connectivity index (χ3v) is 3.19. The molecule has 0 spiro atoms. The molecule has 0 atom stereocenters. The number of nitro benzene ring substituents is 1. The van der Waals surface area contributed by atoms with Crippen LogP contribution in [-0.2, 0) is 0 Å². The molecule has 10 heteroatoms. The first-order valence-corrected chi connectivity index (χ1v) is 6.63. The van der Waals surface area contributed by atoms with Gasteiger partial charge in [0.25, 0.3) is 11.6 Å². The number of nitrogens with zero attached hydrogens (tertiary/aromatic N) is 1. The zero-order valence-corrected chi connectivity index (χ0v) is 12.4. The number of amides is 1. The molecule has 0 saturated carbocycles. The van der Waals surface area contributed by atoms with E-state index in [-0.39, 0.29) is 22.7 Å². The number of benzene rings is 2. The summed E-state index contributed by atoms with van der Waals surface area (Å²) in [7, 11) is -0.745. The van der Waals surface area contributed by atoms with Crippen molar-refractivity contribution in [2.75, 3.05) is 12.4 Å². The first-order valence-electron chi connectivity index (χ1n) is 6.63. The highest BCUT2D eigenvalue weighted by Gasteiger charge is 2.21. The van der Waals surface area contributed by atoms with Gasteiger partial charge in [-0.2, -0.15) is 0 Å². The van der Waals surface area contributed by atoms with Crippen molar-refractivity contribution in [3.8, 4) is 5.75 Å². The number of nitro groups is 1. The van der Waals surface area contributed by atoms with Gasteiger partial charge in [0.15, 0.2) is 0 Å². The van der Waals surface area contributed by atoms with E-state index in [4.69, 9.17) is 14.8 Å². The predicted molar refractivity (Wildman–Crippen MR) is 83.8 cm³/mol. The Bertz CT molecular complexity index is 799. The van der Waals surface area contributed by atoms with Crippen LogP contribution < -0.4 is 15.5 Å². The van der Waals surface area contributed by atoms with Gasteiger partial charge in [-0.3, -0.25) is 14.9 Å². The van der Waals surface area contributed by atoms with Crippen LogP contribution in [0.1, 0.15) is 10.4 Å². The van der Waals surface area contributed by atoms with E-state index in [0.717, 1.165) is 24.3 Å². The third-order valence-electron chi connectivity index (χ3n) is 3.19. The molecule has 0 fully saturated rings. The first-order chi connectivity index (χ1) is 11.3. The van der Waals surface area contributed by atoms with Crippen molar-refractivity contribution in [1.29, 1.82) is 0 Å². The molecule has 0 heterocycles. The minimum atomic E-state index is -2.09. The van der Waals surface area contributed by atoms with E-state index in [9.17, 15) is 19.3 Å². The zero-order chi connectivity index (χ0) is 17.9. The molecule has 124 valence electrons. The average Bonchev–Trinajstić information content (AvgIpc) is 2.55. The van der Waals surface area contributed by atoms with Crippen molar-refractivity contribution < 1.29 is 28.9 Å². The monoisotopic (exact) mass is 334 g/mol. The number of methoxy groups -OCH3 is 1. The fraction of sp³-hybridized carbons (Fsp3) is 0.0714. The highest BCUT2D eigenvalue weighted by molar-refractivity contribution is 6.58. The molecule has 3 N–H and O–H groups in total. The smallest absolute Gasteiger partial charge is 0.491 e. The van der Waals surface area contributed by atoms with Gasteiger partial charge in [-0.1, -0.05) is 0 Å². The van der Waals surface area contributed by atoms with E-state index in [1.54, 1.807) is 0 Å². The van der Waals surface area contributed by atoms with Crippen molar-refractivity contribution in [3.05, 3.63) is 57.9 Å². The Hall–Kier alpha value is -2.98. The Morgan fingerprint density at radius 1 is 1.29 bits per heavy atom. The Kier molecular flexibility index (Phi) is 5.12. The number of ether oxygens (including phenoxy) is 1. The molecule has 8 nitrogen and oxygen atoms in total. The highest BCUT2D eigenvalue weighted by Crippen LogP contribution is 2.29. The van der Waals surface area contributed by atoms with E-state index < -0.39 is 29.2 Å². The lowest BCUT2D eigenvalue weighted by Crippen LogP contribution is -2.33. The van der Waals surface area contributed by atoms with E-state index in [2.05, 4.69) is 5.32 Å². The van der Waals surface area contributed by atoms with Gasteiger partial charge in [0.2, 0.25) is 0 Å². The lowest BCUT2D eigenvalue weighted by Gasteiger charge is -2.09. The fourth-order valence-electron chi connectivity index (χ4n) is 1.97. The van der Waals surface area contributed by atoms with Crippen molar-refractivity contribution in [3.63, 3.8) is 0 Å². The van der Waals surface area contributed by atoms with Gasteiger partial charge in [0, 0.05) is 11.0 Å². The van der Waals surface area contributed by atoms with Crippen LogP contribution >= 0.6 is 0 Å². The van der Waals surface area contributed by atoms with Gasteiger partial charge in [-0.15, -0.1) is 0 Å². The normalized spacial score (nSPS) is 10.2. The second-order valence-electron chi connectivity index (χ2n) is 4.70. The molecule has 0 bridgehead atoms. The van der Waals surface area contributed by atoms with Crippen LogP contribution in [0.15, 0.2) is 36.4 Å². The maximum atomic E-state index is 13.4. The number of hydrogen-bond acceptors (Lipinski definition) is 6. The quantitative estimate of drug-likeness (QED) is 0.420. The Labute approximate surface area is 135 Å². The maximum Gasteiger partial charge on any atom is 0.491 e. The molecule has 0 unspecified atom stereocenters. The molecule has 2 aromatic rings. The first kappa shape index (κ1) is 17.4. The standard InChI is InChI=1S/C14H12BFN2O6/c1-24-9-3-5-12(13(7-9)18(22)23)17-14(19)8-2-4-11(16)10(6-8)15(20)21/h2-7,20-21H,1H3,(H,17,19). The van der Waals surface area contributed by atoms with Crippen LogP contribution in [0.5, 0.6) is 5.75 Å². The minimum Gasteiger partial charge on any atom is -0.496 e. The lowest BCUT2D eigenvalue weighted by atomic mass is 9.79. The van der Waals surface area contributed by atoms with Crippen LogP contribution in [0.4, 0.5) is 15.8 Å². The van der Waals surface area contributed by atoms with E-state index in [1.807, 2.05) is 0 Å². The number of hydrogen-bond donors (Lipinski definition) is 3. The summed E-state index contributed by atoms with van der Waals surface area (Å²) in [6.45, 7) is 0. The van der Waals surface area contributed by atoms with Crippen molar-refractivity contribution in [2.45, 2.75) is 0 Å². The molecule has 0 aliphatic rings. The molecule has 0 aromatic heterocycles. The SMILES string of the molecule is COc1ccc(NC(=O)c2ccc(F)c(B(O)O)c2)c([N+](=O)[O-])c1. The van der Waals surface area contributed by atoms with Gasteiger partial charge in [0.1, 0.15) is 17.3 Å². The second kappa shape index (κ2) is 7.07. The van der Waals surface area contributed by atoms with Crippen molar-refractivity contribution in [2.24, 2.45) is 0 Å². The van der Waals surface area contributed by atoms with Gasteiger partial charge in [-0.25, -0.2) is 4.39 Å². The van der Waals surface area contributed by atoms with Gasteiger partial charge >= 0.3 is 7.12 Å². The van der Waals surface area contributed by atoms with E-state index in [1.165, 1.54) is 19.2 Å². The summed E-state index contributed by atoms with van der Waals surface area (Å²) >= 11 is 0. The summed E-state index contributed by atoms with van der Waals surface area (Å²) in [5, 5.41) is 31.5. The van der Waals surface area contributed by atoms with Crippen molar-refractivity contribution in [1.82, 2.24) is 0 Å². The fourth-order valence-corrected chi connectivity index (χ4v) is 1.97. The Morgan fingerprint density at radius 3 is 2.58 bits per heavy atom. The highest BCUT2D eigenvalue weighted by atomic mass is 19.1. The van der Waals surface area contributed by atoms with Crippen LogP contribution in [0, 0.1) is 15.9 Å². The number of anilines is 1. The molecule has 2 aromatic carbocycles. The van der Waals surface area contributed by atoms with Crippen LogP contribution in [-0.4, -0.2) is 35.1 Å². The predicted octanol–water partition coefficient (Wildman–Crippen LogP) is 0.675.